The van der Waals surface area contributed by atoms with Gasteiger partial charge in [0.15, 0.2) is 0 Å². The fourth-order valence-electron chi connectivity index (χ4n) is 2.54. The van der Waals surface area contributed by atoms with Crippen LogP contribution < -0.4 is 10.2 Å². The fraction of sp³-hybridized carbons (Fsp3) is 0.353. The Labute approximate surface area is 145 Å². The van der Waals surface area contributed by atoms with Crippen molar-refractivity contribution in [2.24, 2.45) is 0 Å². The van der Waals surface area contributed by atoms with Crippen molar-refractivity contribution in [2.45, 2.75) is 26.7 Å². The van der Waals surface area contributed by atoms with Gasteiger partial charge < -0.3 is 10.2 Å². The van der Waals surface area contributed by atoms with Crippen LogP contribution in [0.2, 0.25) is 0 Å². The van der Waals surface area contributed by atoms with Crippen LogP contribution in [-0.4, -0.2) is 34.6 Å². The van der Waals surface area contributed by atoms with Crippen molar-refractivity contribution in [3.05, 3.63) is 40.7 Å². The number of thiazole rings is 1. The first-order chi connectivity index (χ1) is 11.4. The second-order valence-corrected chi connectivity index (χ2v) is 7.22. The van der Waals surface area contributed by atoms with Crippen LogP contribution in [0.15, 0.2) is 24.3 Å². The molecule has 24 heavy (non-hydrogen) atoms. The average Bonchev–Trinajstić information content (AvgIpc) is 3.08. The molecule has 0 saturated heterocycles. The number of nitrogens with zero attached hydrogens (tertiary/aromatic N) is 4. The Morgan fingerprint density at radius 3 is 2.46 bits per heavy atom. The van der Waals surface area contributed by atoms with E-state index in [1.165, 1.54) is 11.3 Å². The molecule has 2 heterocycles. The van der Waals surface area contributed by atoms with Gasteiger partial charge in [-0.3, -0.25) is 9.20 Å². The number of nitrogens with one attached hydrogen (secondary N) is 1. The highest BCUT2D eigenvalue weighted by molar-refractivity contribution is 7.19. The molecule has 0 unspecified atom stereocenters. The molecule has 7 heteroatoms. The zero-order valence-electron chi connectivity index (χ0n) is 14.5. The quantitative estimate of drug-likeness (QED) is 0.787. The zero-order valence-corrected chi connectivity index (χ0v) is 15.3. The van der Waals surface area contributed by atoms with E-state index in [0.717, 1.165) is 27.9 Å². The number of aryl methyl sites for hydroxylation is 1. The first-order valence-electron chi connectivity index (χ1n) is 7.81. The molecule has 1 N–H and O–H groups in total. The van der Waals surface area contributed by atoms with Gasteiger partial charge in [-0.25, -0.2) is 0 Å². The highest BCUT2D eigenvalue weighted by Gasteiger charge is 2.21. The van der Waals surface area contributed by atoms with Gasteiger partial charge in [0.05, 0.1) is 0 Å². The zero-order chi connectivity index (χ0) is 17.4. The Kier molecular flexibility index (Phi) is 4.28. The number of carbonyl (C=O) groups is 1. The van der Waals surface area contributed by atoms with E-state index in [1.54, 1.807) is 0 Å². The van der Waals surface area contributed by atoms with Crippen LogP contribution in [0.4, 0.5) is 11.4 Å². The van der Waals surface area contributed by atoms with Crippen LogP contribution in [-0.2, 0) is 0 Å². The van der Waals surface area contributed by atoms with E-state index in [4.69, 9.17) is 0 Å². The van der Waals surface area contributed by atoms with Crippen molar-refractivity contribution in [1.29, 1.82) is 0 Å². The molecular formula is C17H21N5OS. The molecule has 0 aliphatic carbocycles. The highest BCUT2D eigenvalue weighted by atomic mass is 32.1. The number of hydrogen-bond donors (Lipinski definition) is 1. The van der Waals surface area contributed by atoms with Gasteiger partial charge in [-0.15, -0.1) is 10.2 Å². The molecule has 0 spiro atoms. The lowest BCUT2D eigenvalue weighted by Crippen LogP contribution is -2.13. The van der Waals surface area contributed by atoms with Gasteiger partial charge in [-0.1, -0.05) is 25.2 Å². The molecule has 3 rings (SSSR count). The molecule has 0 saturated carbocycles. The third-order valence-corrected chi connectivity index (χ3v) is 5.01. The van der Waals surface area contributed by atoms with Crippen molar-refractivity contribution < 1.29 is 4.79 Å². The van der Waals surface area contributed by atoms with E-state index in [0.29, 0.717) is 4.88 Å². The maximum Gasteiger partial charge on any atom is 0.267 e. The molecule has 0 fully saturated rings. The molecule has 2 aromatic heterocycles. The Morgan fingerprint density at radius 2 is 1.88 bits per heavy atom. The first-order valence-corrected chi connectivity index (χ1v) is 8.63. The number of carbonyl (C=O) groups excluding carboxylic acids is 1. The summed E-state index contributed by atoms with van der Waals surface area (Å²) in [5.74, 6) is 1.02. The molecule has 126 valence electrons. The maximum atomic E-state index is 12.6. The van der Waals surface area contributed by atoms with Crippen LogP contribution >= 0.6 is 11.3 Å². The Morgan fingerprint density at radius 1 is 1.21 bits per heavy atom. The van der Waals surface area contributed by atoms with Crippen molar-refractivity contribution in [3.8, 4) is 0 Å². The fourth-order valence-corrected chi connectivity index (χ4v) is 3.51. The van der Waals surface area contributed by atoms with Crippen LogP contribution in [0.5, 0.6) is 0 Å². The summed E-state index contributed by atoms with van der Waals surface area (Å²) in [5, 5.41) is 11.4. The van der Waals surface area contributed by atoms with Gasteiger partial charge >= 0.3 is 0 Å². The second-order valence-electron chi connectivity index (χ2n) is 6.24. The maximum absolute atomic E-state index is 12.6. The lowest BCUT2D eigenvalue weighted by atomic mass is 10.2. The largest absolute Gasteiger partial charge is 0.378 e. The molecule has 0 atom stereocenters. The van der Waals surface area contributed by atoms with Crippen LogP contribution in [0, 0.1) is 6.92 Å². The van der Waals surface area contributed by atoms with Crippen molar-refractivity contribution in [2.75, 3.05) is 24.3 Å². The predicted octanol–water partition coefficient (Wildman–Crippen LogP) is 3.54. The van der Waals surface area contributed by atoms with E-state index < -0.39 is 0 Å². The summed E-state index contributed by atoms with van der Waals surface area (Å²) in [4.78, 5) is 16.1. The number of benzene rings is 1. The van der Waals surface area contributed by atoms with Gasteiger partial charge in [0.2, 0.25) is 4.96 Å². The highest BCUT2D eigenvalue weighted by Crippen LogP contribution is 2.26. The number of amides is 1. The molecule has 0 radical (unpaired) electrons. The van der Waals surface area contributed by atoms with Gasteiger partial charge in [0.25, 0.3) is 5.91 Å². The molecule has 0 bridgehead atoms. The first kappa shape index (κ1) is 16.4. The van der Waals surface area contributed by atoms with E-state index in [9.17, 15) is 4.79 Å². The summed E-state index contributed by atoms with van der Waals surface area (Å²) < 4.78 is 1.97. The topological polar surface area (TPSA) is 62.5 Å². The van der Waals surface area contributed by atoms with Crippen molar-refractivity contribution >= 4 is 33.6 Å². The van der Waals surface area contributed by atoms with Crippen LogP contribution in [0.3, 0.4) is 0 Å². The Hall–Kier alpha value is -2.41. The minimum Gasteiger partial charge on any atom is -0.378 e. The van der Waals surface area contributed by atoms with E-state index in [2.05, 4.69) is 29.4 Å². The predicted molar refractivity (Wildman–Crippen MR) is 98.4 cm³/mol. The molecule has 1 amide bonds. The minimum atomic E-state index is -0.115. The average molecular weight is 343 g/mol. The van der Waals surface area contributed by atoms with E-state index in [-0.39, 0.29) is 11.8 Å². The number of anilines is 2. The Balaban J connectivity index is 1.87. The second kappa shape index (κ2) is 6.24. The standard InChI is InChI=1S/C17H21N5OS/c1-10(2)15-19-20-17-22(15)11(3)14(24-17)16(23)18-12-6-8-13(9-7-12)21(4)5/h6-10H,1-5H3,(H,18,23). The molecule has 3 aromatic rings. The molecule has 0 aliphatic heterocycles. The lowest BCUT2D eigenvalue weighted by Gasteiger charge is -2.13. The number of fused-ring (bicyclic) bond motifs is 1. The summed E-state index contributed by atoms with van der Waals surface area (Å²) in [6.45, 7) is 6.07. The van der Waals surface area contributed by atoms with Crippen molar-refractivity contribution in [3.63, 3.8) is 0 Å². The third kappa shape index (κ3) is 2.87. The van der Waals surface area contributed by atoms with E-state index >= 15 is 0 Å². The number of rotatable bonds is 4. The lowest BCUT2D eigenvalue weighted by molar-refractivity contribution is 0.102. The summed E-state index contributed by atoms with van der Waals surface area (Å²) >= 11 is 1.37. The van der Waals surface area contributed by atoms with Crippen molar-refractivity contribution in [1.82, 2.24) is 14.6 Å². The Bertz CT molecular complexity index is 876. The summed E-state index contributed by atoms with van der Waals surface area (Å²) in [5.41, 5.74) is 2.75. The molecular weight excluding hydrogens is 322 g/mol. The summed E-state index contributed by atoms with van der Waals surface area (Å²) in [6, 6.07) is 7.76. The summed E-state index contributed by atoms with van der Waals surface area (Å²) in [7, 11) is 3.97. The third-order valence-electron chi connectivity index (χ3n) is 3.88. The number of hydrogen-bond acceptors (Lipinski definition) is 5. The molecule has 0 aliphatic rings. The van der Waals surface area contributed by atoms with E-state index in [1.807, 2.05) is 54.6 Å². The smallest absolute Gasteiger partial charge is 0.267 e. The molecule has 1 aromatic carbocycles. The van der Waals surface area contributed by atoms with Crippen LogP contribution in [0.25, 0.3) is 4.96 Å². The minimum absolute atomic E-state index is 0.115. The summed E-state index contributed by atoms with van der Waals surface area (Å²) in [6.07, 6.45) is 0. The van der Waals surface area contributed by atoms with Crippen LogP contribution in [0.1, 0.15) is 41.0 Å². The van der Waals surface area contributed by atoms with Gasteiger partial charge in [0, 0.05) is 37.1 Å². The molecule has 6 nitrogen and oxygen atoms in total. The number of aromatic nitrogens is 3. The van der Waals surface area contributed by atoms with Gasteiger partial charge in [-0.05, 0) is 31.2 Å². The van der Waals surface area contributed by atoms with Gasteiger partial charge in [0.1, 0.15) is 10.7 Å². The van der Waals surface area contributed by atoms with Gasteiger partial charge in [-0.2, -0.15) is 0 Å². The normalized spacial score (nSPS) is 11.2. The SMILES string of the molecule is Cc1c(C(=O)Nc2ccc(N(C)C)cc2)sc2nnc(C(C)C)n12. The monoisotopic (exact) mass is 343 g/mol.